The van der Waals surface area contributed by atoms with Crippen LogP contribution in [-0.4, -0.2) is 48.0 Å². The van der Waals surface area contributed by atoms with Gasteiger partial charge in [0.1, 0.15) is 11.4 Å². The largest absolute Gasteiger partial charge is 0.494 e. The molecule has 0 aliphatic carbocycles. The van der Waals surface area contributed by atoms with Gasteiger partial charge in [-0.1, -0.05) is 18.2 Å². The molecule has 0 bridgehead atoms. The molecule has 0 radical (unpaired) electrons. The number of halogens is 4. The molecule has 2 heterocycles. The molecule has 9 heteroatoms. The SMILES string of the molecule is COc1ccc(F)c(C(=O)N2CCC(F)(F)[C@@H](Oc3ccc4ccccc4n3)C2)c1F. The third kappa shape index (κ3) is 3.99. The number of pyridine rings is 1. The van der Waals surface area contributed by atoms with Crippen molar-refractivity contribution in [1.29, 1.82) is 0 Å². The van der Waals surface area contributed by atoms with Crippen molar-refractivity contribution in [3.8, 4) is 11.6 Å². The maximum Gasteiger partial charge on any atom is 0.287 e. The van der Waals surface area contributed by atoms with Crippen molar-refractivity contribution in [3.05, 3.63) is 65.7 Å². The van der Waals surface area contributed by atoms with Crippen LogP contribution in [-0.2, 0) is 0 Å². The summed E-state index contributed by atoms with van der Waals surface area (Å²) in [6.45, 7) is -0.941. The van der Waals surface area contributed by atoms with Crippen LogP contribution in [0.2, 0.25) is 0 Å². The van der Waals surface area contributed by atoms with Gasteiger partial charge in [-0.25, -0.2) is 22.5 Å². The van der Waals surface area contributed by atoms with Gasteiger partial charge in [0.2, 0.25) is 5.88 Å². The van der Waals surface area contributed by atoms with Crippen LogP contribution < -0.4 is 9.47 Å². The summed E-state index contributed by atoms with van der Waals surface area (Å²) in [5.41, 5.74) is -0.292. The van der Waals surface area contributed by atoms with Crippen LogP contribution in [0.15, 0.2) is 48.5 Å². The van der Waals surface area contributed by atoms with Crippen LogP contribution in [0.5, 0.6) is 11.6 Å². The number of amides is 1. The predicted molar refractivity (Wildman–Crippen MR) is 105 cm³/mol. The number of likely N-dealkylation sites (tertiary alicyclic amines) is 1. The first-order chi connectivity index (χ1) is 14.8. The predicted octanol–water partition coefficient (Wildman–Crippen LogP) is 4.45. The number of para-hydroxylation sites is 1. The van der Waals surface area contributed by atoms with Crippen molar-refractivity contribution < 1.29 is 31.8 Å². The second kappa shape index (κ2) is 8.05. The number of rotatable bonds is 4. The van der Waals surface area contributed by atoms with E-state index in [1.165, 1.54) is 13.2 Å². The van der Waals surface area contributed by atoms with Crippen molar-refractivity contribution in [3.63, 3.8) is 0 Å². The number of hydrogen-bond donors (Lipinski definition) is 0. The van der Waals surface area contributed by atoms with Crippen molar-refractivity contribution >= 4 is 16.8 Å². The summed E-state index contributed by atoms with van der Waals surface area (Å²) in [5.74, 6) is -6.94. The van der Waals surface area contributed by atoms with Crippen molar-refractivity contribution in [1.82, 2.24) is 9.88 Å². The standard InChI is InChI=1S/C22H18F4N2O3/c1-30-16-8-7-14(23)19(20(16)24)21(29)28-11-10-22(25,26)17(12-28)31-18-9-6-13-4-2-3-5-15(13)27-18/h2-9,17H,10-12H2,1H3/t17-/m0/s1. The highest BCUT2D eigenvalue weighted by atomic mass is 19.3. The molecule has 162 valence electrons. The zero-order valence-corrected chi connectivity index (χ0v) is 16.4. The first kappa shape index (κ1) is 20.9. The Kier molecular flexibility index (Phi) is 5.43. The van der Waals surface area contributed by atoms with E-state index in [0.717, 1.165) is 22.4 Å². The molecule has 1 atom stereocenters. The van der Waals surface area contributed by atoms with Gasteiger partial charge < -0.3 is 14.4 Å². The lowest BCUT2D eigenvalue weighted by molar-refractivity contribution is -0.131. The normalized spacial score (nSPS) is 18.1. The van der Waals surface area contributed by atoms with E-state index in [-0.39, 0.29) is 18.2 Å². The van der Waals surface area contributed by atoms with E-state index in [0.29, 0.717) is 5.52 Å². The van der Waals surface area contributed by atoms with Crippen LogP contribution in [0, 0.1) is 11.6 Å². The minimum Gasteiger partial charge on any atom is -0.494 e. The van der Waals surface area contributed by atoms with Crippen LogP contribution >= 0.6 is 0 Å². The molecule has 0 N–H and O–H groups in total. The molecule has 1 aliphatic rings. The summed E-state index contributed by atoms with van der Waals surface area (Å²) in [6.07, 6.45) is -2.44. The quantitative estimate of drug-likeness (QED) is 0.570. The molecule has 3 aromatic rings. The molecule has 0 spiro atoms. The third-order valence-corrected chi connectivity index (χ3v) is 5.18. The van der Waals surface area contributed by atoms with E-state index in [2.05, 4.69) is 4.98 Å². The molecule has 1 aliphatic heterocycles. The Hall–Kier alpha value is -3.36. The van der Waals surface area contributed by atoms with Crippen molar-refractivity contribution in [2.24, 2.45) is 0 Å². The third-order valence-electron chi connectivity index (χ3n) is 5.18. The highest BCUT2D eigenvalue weighted by Crippen LogP contribution is 2.33. The molecule has 1 saturated heterocycles. The summed E-state index contributed by atoms with van der Waals surface area (Å²) < 4.78 is 67.9. The van der Waals surface area contributed by atoms with Crippen LogP contribution in [0.4, 0.5) is 17.6 Å². The Morgan fingerprint density at radius 1 is 1.13 bits per heavy atom. The Bertz CT molecular complexity index is 1140. The van der Waals surface area contributed by atoms with Crippen LogP contribution in [0.1, 0.15) is 16.8 Å². The fourth-order valence-corrected chi connectivity index (χ4v) is 3.48. The Labute approximate surface area is 175 Å². The van der Waals surface area contributed by atoms with E-state index >= 15 is 0 Å². The number of benzene rings is 2. The second-order valence-electron chi connectivity index (χ2n) is 7.15. The zero-order chi connectivity index (χ0) is 22.2. The molecule has 0 saturated carbocycles. The first-order valence-electron chi connectivity index (χ1n) is 9.51. The van der Waals surface area contributed by atoms with E-state index in [1.807, 2.05) is 12.1 Å². The number of nitrogens with zero attached hydrogens (tertiary/aromatic N) is 2. The van der Waals surface area contributed by atoms with E-state index < -0.39 is 48.1 Å². The molecule has 31 heavy (non-hydrogen) atoms. The highest BCUT2D eigenvalue weighted by Gasteiger charge is 2.48. The Morgan fingerprint density at radius 3 is 2.68 bits per heavy atom. The number of alkyl halides is 2. The van der Waals surface area contributed by atoms with Gasteiger partial charge in [0.15, 0.2) is 17.7 Å². The lowest BCUT2D eigenvalue weighted by Crippen LogP contribution is -2.55. The number of piperidine rings is 1. The monoisotopic (exact) mass is 434 g/mol. The van der Waals surface area contributed by atoms with E-state index in [9.17, 15) is 22.4 Å². The van der Waals surface area contributed by atoms with Crippen molar-refractivity contribution in [2.45, 2.75) is 18.4 Å². The van der Waals surface area contributed by atoms with Gasteiger partial charge >= 0.3 is 0 Å². The Morgan fingerprint density at radius 2 is 1.90 bits per heavy atom. The topological polar surface area (TPSA) is 51.7 Å². The fraction of sp³-hybridized carbons (Fsp3) is 0.273. The number of ether oxygens (including phenoxy) is 2. The summed E-state index contributed by atoms with van der Waals surface area (Å²) in [7, 11) is 1.17. The maximum atomic E-state index is 14.5. The van der Waals surface area contributed by atoms with Gasteiger partial charge in [-0.2, -0.15) is 0 Å². The minimum absolute atomic E-state index is 0.0311. The Balaban J connectivity index is 1.59. The fourth-order valence-electron chi connectivity index (χ4n) is 3.48. The summed E-state index contributed by atoms with van der Waals surface area (Å²) >= 11 is 0. The lowest BCUT2D eigenvalue weighted by atomic mass is 10.0. The highest BCUT2D eigenvalue weighted by molar-refractivity contribution is 5.95. The van der Waals surface area contributed by atoms with Gasteiger partial charge in [0, 0.05) is 24.4 Å². The molecule has 2 aromatic carbocycles. The molecular formula is C22H18F4N2O3. The number of carbonyl (C=O) groups is 1. The second-order valence-corrected chi connectivity index (χ2v) is 7.15. The summed E-state index contributed by atoms with van der Waals surface area (Å²) in [6, 6.07) is 12.2. The van der Waals surface area contributed by atoms with Crippen LogP contribution in [0.3, 0.4) is 0 Å². The average molecular weight is 434 g/mol. The first-order valence-corrected chi connectivity index (χ1v) is 9.51. The summed E-state index contributed by atoms with van der Waals surface area (Å²) in [5, 5.41) is 0.811. The molecule has 5 nitrogen and oxygen atoms in total. The lowest BCUT2D eigenvalue weighted by Gasteiger charge is -2.38. The number of methoxy groups -OCH3 is 1. The molecule has 1 aromatic heterocycles. The maximum absolute atomic E-state index is 14.5. The summed E-state index contributed by atoms with van der Waals surface area (Å²) in [4.78, 5) is 17.9. The average Bonchev–Trinajstić information content (AvgIpc) is 2.75. The van der Waals surface area contributed by atoms with E-state index in [1.54, 1.807) is 18.2 Å². The number of fused-ring (bicyclic) bond motifs is 1. The number of carbonyl (C=O) groups excluding carboxylic acids is 1. The van der Waals surface area contributed by atoms with Gasteiger partial charge in [0.05, 0.1) is 19.2 Å². The number of hydrogen-bond acceptors (Lipinski definition) is 4. The zero-order valence-electron chi connectivity index (χ0n) is 16.4. The minimum atomic E-state index is -3.25. The van der Waals surface area contributed by atoms with Gasteiger partial charge in [0.25, 0.3) is 11.8 Å². The van der Waals surface area contributed by atoms with Gasteiger partial charge in [-0.15, -0.1) is 0 Å². The van der Waals surface area contributed by atoms with Crippen LogP contribution in [0.25, 0.3) is 10.9 Å². The number of aromatic nitrogens is 1. The van der Waals surface area contributed by atoms with E-state index in [4.69, 9.17) is 9.47 Å². The molecule has 4 rings (SSSR count). The molecular weight excluding hydrogens is 416 g/mol. The van der Waals surface area contributed by atoms with Gasteiger partial charge in [-0.05, 0) is 24.3 Å². The molecule has 0 unspecified atom stereocenters. The molecule has 1 fully saturated rings. The molecule has 1 amide bonds. The smallest absolute Gasteiger partial charge is 0.287 e. The van der Waals surface area contributed by atoms with Gasteiger partial charge in [-0.3, -0.25) is 4.79 Å². The van der Waals surface area contributed by atoms with Crippen molar-refractivity contribution in [2.75, 3.05) is 20.2 Å².